The zero-order chi connectivity index (χ0) is 7.78. The fraction of sp³-hybridized carbons (Fsp3) is 0. The second-order valence-electron chi connectivity index (χ2n) is 1.21. The molecule has 0 aromatic heterocycles. The third-order valence-electron chi connectivity index (χ3n) is 0.510. The molecular weight excluding hydrogens is 227 g/mol. The summed E-state index contributed by atoms with van der Waals surface area (Å²) in [5, 5.41) is 0. The molecule has 0 radical (unpaired) electrons. The summed E-state index contributed by atoms with van der Waals surface area (Å²) in [7, 11) is -5.53. The van der Waals surface area contributed by atoms with Crippen LogP contribution in [0.3, 0.4) is 0 Å². The van der Waals surface area contributed by atoms with Crippen molar-refractivity contribution in [3.8, 4) is 0 Å². The van der Waals surface area contributed by atoms with E-state index < -0.39 is 23.2 Å². The molecule has 56 valence electrons. The third-order valence-corrected chi connectivity index (χ3v) is 5.81. The molecule has 1 rings (SSSR count). The maximum absolute atomic E-state index is 12.4. The van der Waals surface area contributed by atoms with Gasteiger partial charge < -0.3 is 0 Å². The molecule has 3 nitrogen and oxygen atoms in total. The fourth-order valence-corrected chi connectivity index (χ4v) is 4.60. The van der Waals surface area contributed by atoms with E-state index in [0.29, 0.717) is 0 Å². The first kappa shape index (κ1) is 8.61. The number of rotatable bonds is 0. The summed E-state index contributed by atoms with van der Waals surface area (Å²) >= 11 is 4.87. The Morgan fingerprint density at radius 2 is 1.90 bits per heavy atom. The normalized spacial score (nSPS) is 39.6. The molecule has 0 bridgehead atoms. The average Bonchev–Trinajstić information content (AvgIpc) is 1.54. The lowest BCUT2D eigenvalue weighted by atomic mass is 13.8. The second kappa shape index (κ2) is 2.86. The first-order chi connectivity index (χ1) is 4.49. The molecule has 1 aliphatic heterocycles. The van der Waals surface area contributed by atoms with Gasteiger partial charge in [-0.2, -0.15) is 4.20 Å². The van der Waals surface area contributed by atoms with E-state index in [-0.39, 0.29) is 0 Å². The molecule has 0 fully saturated rings. The highest BCUT2D eigenvalue weighted by atomic mass is 35.7. The Hall–Kier alpha value is 0.510. The summed E-state index contributed by atoms with van der Waals surface area (Å²) in [4.78, 5) is 0. The first-order valence-electron chi connectivity index (χ1n) is 1.88. The van der Waals surface area contributed by atoms with E-state index in [2.05, 4.69) is 13.5 Å². The van der Waals surface area contributed by atoms with E-state index in [1.165, 1.54) is 0 Å². The van der Waals surface area contributed by atoms with Crippen LogP contribution in [0.2, 0.25) is 0 Å². The smallest absolute Gasteiger partial charge is 0.158 e. The van der Waals surface area contributed by atoms with Crippen LogP contribution in [0, 0.1) is 0 Å². The van der Waals surface area contributed by atoms with Crippen LogP contribution in [0.5, 0.6) is 0 Å². The topological polar surface area (TPSA) is 37.1 Å². The van der Waals surface area contributed by atoms with Crippen LogP contribution in [0.4, 0.5) is 12.6 Å². The molecule has 0 saturated carbocycles. The summed E-state index contributed by atoms with van der Waals surface area (Å²) < 4.78 is 44.7. The van der Waals surface area contributed by atoms with Crippen molar-refractivity contribution >= 4 is 34.5 Å². The van der Waals surface area contributed by atoms with Crippen molar-refractivity contribution in [1.82, 2.24) is 0 Å². The van der Waals surface area contributed by atoms with Crippen molar-refractivity contribution in [2.75, 3.05) is 0 Å². The average molecular weight is 227 g/mol. The second-order valence-corrected chi connectivity index (χ2v) is 6.52. The van der Waals surface area contributed by atoms with Crippen molar-refractivity contribution < 1.29 is 12.6 Å². The van der Waals surface area contributed by atoms with Gasteiger partial charge >= 0.3 is 23.2 Å². The monoisotopic (exact) mass is 227 g/mol. The fourth-order valence-electron chi connectivity index (χ4n) is 0.292. The van der Waals surface area contributed by atoms with Gasteiger partial charge in [0.1, 0.15) is 0 Å². The van der Waals surface area contributed by atoms with Crippen molar-refractivity contribution in [2.45, 2.75) is 0 Å². The van der Waals surface area contributed by atoms with Crippen LogP contribution in [-0.4, -0.2) is 0 Å². The molecule has 0 N–H and O–H groups in total. The van der Waals surface area contributed by atoms with Gasteiger partial charge in [-0.05, 0) is 11.2 Å². The highest BCUT2D eigenvalue weighted by Gasteiger charge is 2.40. The predicted molar refractivity (Wildman–Crippen MR) is 37.2 cm³/mol. The van der Waals surface area contributed by atoms with E-state index in [1.807, 2.05) is 0 Å². The SMILES string of the molecule is F[P+]1=N[P+](F)=NP(F)(Cl)=N1. The van der Waals surface area contributed by atoms with E-state index >= 15 is 0 Å². The molecule has 0 amide bonds. The Bertz CT molecular complexity index is 259. The van der Waals surface area contributed by atoms with Gasteiger partial charge in [-0.25, -0.2) is 0 Å². The van der Waals surface area contributed by atoms with Crippen LogP contribution in [0.1, 0.15) is 0 Å². The molecule has 0 spiro atoms. The number of halogens is 4. The van der Waals surface area contributed by atoms with Gasteiger partial charge in [0, 0.05) is 9.03 Å². The van der Waals surface area contributed by atoms with E-state index in [0.717, 1.165) is 0 Å². The van der Waals surface area contributed by atoms with Crippen LogP contribution in [-0.2, 0) is 0 Å². The van der Waals surface area contributed by atoms with E-state index in [4.69, 9.17) is 11.2 Å². The summed E-state index contributed by atoms with van der Waals surface area (Å²) in [5.41, 5.74) is 0. The first-order valence-corrected chi connectivity index (χ1v) is 6.64. The quantitative estimate of drug-likeness (QED) is 0.517. The summed E-state index contributed by atoms with van der Waals surface area (Å²) in [6.45, 7) is -4.01. The number of nitrogens with zero attached hydrogens (tertiary/aromatic N) is 3. The van der Waals surface area contributed by atoms with Crippen molar-refractivity contribution in [3.05, 3.63) is 0 Å². The van der Waals surface area contributed by atoms with Gasteiger partial charge in [0.05, 0.1) is 8.39 Å². The lowest BCUT2D eigenvalue weighted by Crippen LogP contribution is -1.53. The van der Waals surface area contributed by atoms with E-state index in [1.54, 1.807) is 0 Å². The minimum Gasteiger partial charge on any atom is -0.158 e. The minimum absolute atomic E-state index is 2.72. The molecule has 10 heavy (non-hydrogen) atoms. The summed E-state index contributed by atoms with van der Waals surface area (Å²) in [6, 6.07) is 0. The van der Waals surface area contributed by atoms with Crippen LogP contribution in [0.25, 0.3) is 0 Å². The van der Waals surface area contributed by atoms with Gasteiger partial charge in [-0.1, -0.05) is 0 Å². The molecule has 0 aromatic rings. The van der Waals surface area contributed by atoms with Crippen molar-refractivity contribution in [2.24, 2.45) is 13.5 Å². The number of hydrogen-bond acceptors (Lipinski definition) is 3. The van der Waals surface area contributed by atoms with E-state index in [9.17, 15) is 12.6 Å². The zero-order valence-corrected chi connectivity index (χ0v) is 7.63. The third kappa shape index (κ3) is 2.28. The zero-order valence-electron chi connectivity index (χ0n) is 4.20. The standard InChI is InChI=1S/ClF3N3P3/c1-10(4)6-8(2)5-9(3)7-10/q+2. The Kier molecular flexibility index (Phi) is 2.46. The number of hydrogen-bond donors (Lipinski definition) is 0. The van der Waals surface area contributed by atoms with Gasteiger partial charge in [-0.15, -0.1) is 0 Å². The van der Waals surface area contributed by atoms with Crippen LogP contribution >= 0.6 is 34.5 Å². The Balaban J connectivity index is 3.15. The Labute approximate surface area is 61.3 Å². The molecular formula is ClF3N3P3+2. The lowest BCUT2D eigenvalue weighted by Gasteiger charge is -1.84. The molecule has 10 heteroatoms. The highest BCUT2D eigenvalue weighted by Crippen LogP contribution is 2.70. The molecule has 0 aliphatic carbocycles. The molecule has 3 atom stereocenters. The molecule has 0 aromatic carbocycles. The van der Waals surface area contributed by atoms with Crippen LogP contribution in [0.15, 0.2) is 13.5 Å². The molecule has 3 unspecified atom stereocenters. The van der Waals surface area contributed by atoms with Gasteiger partial charge in [0.2, 0.25) is 4.52 Å². The largest absolute Gasteiger partial charge is 0.636 e. The summed E-state index contributed by atoms with van der Waals surface area (Å²) in [6.07, 6.45) is 0. The van der Waals surface area contributed by atoms with Crippen molar-refractivity contribution in [1.29, 1.82) is 0 Å². The minimum atomic E-state index is -4.01. The maximum Gasteiger partial charge on any atom is 0.636 e. The summed E-state index contributed by atoms with van der Waals surface area (Å²) in [5.74, 6) is 0. The van der Waals surface area contributed by atoms with Gasteiger partial charge in [0.25, 0.3) is 0 Å². The predicted octanol–water partition coefficient (Wildman–Crippen LogP) is 5.08. The molecule has 1 heterocycles. The Morgan fingerprint density at radius 3 is 2.30 bits per heavy atom. The molecule has 1 aliphatic rings. The Morgan fingerprint density at radius 1 is 1.30 bits per heavy atom. The lowest BCUT2D eigenvalue weighted by molar-refractivity contribution is 0.868. The van der Waals surface area contributed by atoms with Crippen LogP contribution < -0.4 is 0 Å². The highest BCUT2D eigenvalue weighted by molar-refractivity contribution is 7.91. The van der Waals surface area contributed by atoms with Gasteiger partial charge in [-0.3, -0.25) is 0 Å². The van der Waals surface area contributed by atoms with Crippen molar-refractivity contribution in [3.63, 3.8) is 0 Å². The maximum atomic E-state index is 12.4. The van der Waals surface area contributed by atoms with Gasteiger partial charge in [0.15, 0.2) is 0 Å². The molecule has 0 saturated heterocycles.